The van der Waals surface area contributed by atoms with Crippen LogP contribution in [-0.4, -0.2) is 12.8 Å². The Kier molecular flexibility index (Phi) is 11.6. The maximum absolute atomic E-state index is 4.05. The number of nitrogens with zero attached hydrogens (tertiary/aromatic N) is 1. The third-order valence-electron chi connectivity index (χ3n) is 1.29. The van der Waals surface area contributed by atoms with Gasteiger partial charge in [0.25, 0.3) is 0 Å². The lowest BCUT2D eigenvalue weighted by molar-refractivity contribution is 1.14. The summed E-state index contributed by atoms with van der Waals surface area (Å²) in [7, 11) is 0. The predicted octanol–water partition coefficient (Wildman–Crippen LogP) is 3.63. The van der Waals surface area contributed by atoms with Crippen LogP contribution in [-0.2, 0) is 0 Å². The molecule has 0 aromatic rings. The minimum absolute atomic E-state index is 0.847. The lowest BCUT2D eigenvalue weighted by Crippen LogP contribution is -1.77. The summed E-state index contributed by atoms with van der Waals surface area (Å²) in [5.41, 5.74) is 2.29. The van der Waals surface area contributed by atoms with Gasteiger partial charge in [0, 0.05) is 12.8 Å². The molecule has 0 atom stereocenters. The Hall–Kier alpha value is -0.850. The summed E-state index contributed by atoms with van der Waals surface area (Å²) in [6.45, 7) is 14.7. The van der Waals surface area contributed by atoms with Crippen molar-refractivity contribution < 1.29 is 0 Å². The van der Waals surface area contributed by atoms with Gasteiger partial charge in [0.05, 0.1) is 0 Å². The van der Waals surface area contributed by atoms with Crippen LogP contribution in [0.25, 0.3) is 0 Å². The van der Waals surface area contributed by atoms with Crippen LogP contribution in [0.1, 0.15) is 34.6 Å². The molecule has 0 bridgehead atoms. The molecule has 1 heteroatoms. The van der Waals surface area contributed by atoms with Gasteiger partial charge in [0.15, 0.2) is 0 Å². The molecule has 0 unspecified atom stereocenters. The third-order valence-corrected chi connectivity index (χ3v) is 1.29. The molecule has 0 spiro atoms. The lowest BCUT2D eigenvalue weighted by Gasteiger charge is -1.93. The van der Waals surface area contributed by atoms with Crippen molar-refractivity contribution in [3.63, 3.8) is 0 Å². The van der Waals surface area contributed by atoms with Crippen LogP contribution in [0, 0.1) is 0 Å². The van der Waals surface area contributed by atoms with Crippen LogP contribution < -0.4 is 0 Å². The monoisotopic (exact) mass is 167 g/mol. The average molecular weight is 167 g/mol. The molecule has 0 radical (unpaired) electrons. The lowest BCUT2D eigenvalue weighted by atomic mass is 10.1. The molecule has 0 aliphatic carbocycles. The minimum Gasteiger partial charge on any atom is -0.293 e. The summed E-state index contributed by atoms with van der Waals surface area (Å²) >= 11 is 0. The van der Waals surface area contributed by atoms with Crippen molar-refractivity contribution >= 4 is 6.21 Å². The van der Waals surface area contributed by atoms with Crippen molar-refractivity contribution in [2.45, 2.75) is 34.6 Å². The third kappa shape index (κ3) is 9.15. The highest BCUT2D eigenvalue weighted by molar-refractivity contribution is 5.73. The molecular weight excluding hydrogens is 146 g/mol. The molecule has 0 N–H and O–H groups in total. The van der Waals surface area contributed by atoms with E-state index in [-0.39, 0.29) is 0 Å². The molecule has 0 heterocycles. The smallest absolute Gasteiger partial charge is 0.0360 e. The number of allylic oxidation sites excluding steroid dienone is 3. The number of rotatable bonds is 3. The number of aliphatic imine (C=N–C) groups is 1. The number of hydrogen-bond donors (Lipinski definition) is 0. The van der Waals surface area contributed by atoms with Gasteiger partial charge in [0.1, 0.15) is 0 Å². The minimum atomic E-state index is 0.847. The van der Waals surface area contributed by atoms with Crippen molar-refractivity contribution in [3.8, 4) is 0 Å². The Labute approximate surface area is 76.9 Å². The topological polar surface area (TPSA) is 12.4 Å². The van der Waals surface area contributed by atoms with Gasteiger partial charge < -0.3 is 0 Å². The van der Waals surface area contributed by atoms with Gasteiger partial charge in [0.2, 0.25) is 0 Å². The fourth-order valence-corrected chi connectivity index (χ4v) is 0.412. The van der Waals surface area contributed by atoms with Crippen molar-refractivity contribution in [2.75, 3.05) is 6.54 Å². The van der Waals surface area contributed by atoms with Crippen molar-refractivity contribution in [1.82, 2.24) is 0 Å². The molecule has 0 aliphatic rings. The van der Waals surface area contributed by atoms with Crippen LogP contribution in [0.4, 0.5) is 0 Å². The quantitative estimate of drug-likeness (QED) is 0.449. The molecule has 0 aromatic heterocycles. The molecule has 12 heavy (non-hydrogen) atoms. The first-order chi connectivity index (χ1) is 5.68. The molecule has 0 aromatic carbocycles. The van der Waals surface area contributed by atoms with Crippen LogP contribution in [0.3, 0.4) is 0 Å². The fraction of sp³-hybridized carbons (Fsp3) is 0.545. The van der Waals surface area contributed by atoms with Crippen LogP contribution in [0.2, 0.25) is 0 Å². The normalized spacial score (nSPS) is 10.9. The van der Waals surface area contributed by atoms with E-state index in [4.69, 9.17) is 0 Å². The zero-order valence-electron chi connectivity index (χ0n) is 9.02. The van der Waals surface area contributed by atoms with E-state index >= 15 is 0 Å². The fourth-order valence-electron chi connectivity index (χ4n) is 0.412. The highest BCUT2D eigenvalue weighted by Crippen LogP contribution is 2.02. The Balaban J connectivity index is 0. The zero-order chi connectivity index (χ0) is 9.98. The molecule has 0 aliphatic heterocycles. The van der Waals surface area contributed by atoms with Crippen molar-refractivity contribution in [1.29, 1.82) is 0 Å². The summed E-state index contributed by atoms with van der Waals surface area (Å²) in [6.07, 6.45) is 3.80. The summed E-state index contributed by atoms with van der Waals surface area (Å²) in [4.78, 5) is 4.05. The summed E-state index contributed by atoms with van der Waals surface area (Å²) < 4.78 is 0. The second-order valence-electron chi connectivity index (χ2n) is 2.28. The van der Waals surface area contributed by atoms with E-state index in [1.165, 1.54) is 5.57 Å². The van der Waals surface area contributed by atoms with Crippen molar-refractivity contribution in [2.24, 2.45) is 4.99 Å². The second-order valence-corrected chi connectivity index (χ2v) is 2.28. The first kappa shape index (κ1) is 13.7. The van der Waals surface area contributed by atoms with E-state index in [1.807, 2.05) is 46.9 Å². The molecule has 70 valence electrons. The van der Waals surface area contributed by atoms with Crippen LogP contribution >= 0.6 is 0 Å². The zero-order valence-corrected chi connectivity index (χ0v) is 9.02. The molecular formula is C11H21N. The van der Waals surface area contributed by atoms with Gasteiger partial charge in [-0.2, -0.15) is 0 Å². The Morgan fingerprint density at radius 2 is 1.83 bits per heavy atom. The molecule has 0 fully saturated rings. The maximum atomic E-state index is 4.05. The number of hydrogen-bond acceptors (Lipinski definition) is 1. The Morgan fingerprint density at radius 1 is 1.33 bits per heavy atom. The Bertz CT molecular complexity index is 164. The summed E-state index contributed by atoms with van der Waals surface area (Å²) in [5, 5.41) is 0. The highest BCUT2D eigenvalue weighted by Gasteiger charge is 1.83. The first-order valence-electron chi connectivity index (χ1n) is 4.51. The predicted molar refractivity (Wildman–Crippen MR) is 59.0 cm³/mol. The van der Waals surface area contributed by atoms with Crippen molar-refractivity contribution in [3.05, 3.63) is 23.8 Å². The van der Waals surface area contributed by atoms with Gasteiger partial charge in [-0.15, -0.1) is 0 Å². The molecule has 0 amide bonds. The standard InChI is InChI=1S/C9H15N.C2H6/c1-5-10-7-6-9(4)8(2)3;1-2/h6-7H,2,5H2,1,3-4H3;1-2H3/b9-6+,10-7?;. The van der Waals surface area contributed by atoms with Gasteiger partial charge in [-0.25, -0.2) is 0 Å². The summed E-state index contributed by atoms with van der Waals surface area (Å²) in [6, 6.07) is 0. The van der Waals surface area contributed by atoms with E-state index in [0.29, 0.717) is 0 Å². The van der Waals surface area contributed by atoms with Crippen LogP contribution in [0.15, 0.2) is 28.8 Å². The highest BCUT2D eigenvalue weighted by atomic mass is 14.7. The molecule has 0 saturated carbocycles. The molecule has 0 saturated heterocycles. The SMILES string of the molecule is C=C(C)/C(C)=C/C=NCC.CC. The van der Waals surface area contributed by atoms with Gasteiger partial charge in [-0.05, 0) is 32.4 Å². The van der Waals surface area contributed by atoms with Gasteiger partial charge in [-0.1, -0.05) is 26.0 Å². The largest absolute Gasteiger partial charge is 0.293 e. The van der Waals surface area contributed by atoms with E-state index < -0.39 is 0 Å². The van der Waals surface area contributed by atoms with Gasteiger partial charge in [-0.3, -0.25) is 4.99 Å². The van der Waals surface area contributed by atoms with E-state index in [0.717, 1.165) is 12.1 Å². The second kappa shape index (κ2) is 10.2. The van der Waals surface area contributed by atoms with Crippen LogP contribution in [0.5, 0.6) is 0 Å². The summed E-state index contributed by atoms with van der Waals surface area (Å²) in [5.74, 6) is 0. The average Bonchev–Trinajstić information content (AvgIpc) is 2.08. The molecule has 0 rings (SSSR count). The Morgan fingerprint density at radius 3 is 2.17 bits per heavy atom. The maximum Gasteiger partial charge on any atom is 0.0360 e. The first-order valence-corrected chi connectivity index (χ1v) is 4.51. The van der Waals surface area contributed by atoms with E-state index in [9.17, 15) is 0 Å². The van der Waals surface area contributed by atoms with E-state index in [2.05, 4.69) is 11.6 Å². The van der Waals surface area contributed by atoms with E-state index in [1.54, 1.807) is 0 Å². The molecule has 1 nitrogen and oxygen atoms in total. The van der Waals surface area contributed by atoms with Gasteiger partial charge >= 0.3 is 0 Å².